The van der Waals surface area contributed by atoms with Gasteiger partial charge in [0.05, 0.1) is 12.7 Å². The number of ether oxygens (including phenoxy) is 1. The molecule has 2 heterocycles. The lowest BCUT2D eigenvalue weighted by molar-refractivity contribution is 0.0743. The van der Waals surface area contributed by atoms with Gasteiger partial charge in [0.15, 0.2) is 10.9 Å². The second-order valence-corrected chi connectivity index (χ2v) is 9.57. The van der Waals surface area contributed by atoms with Crippen LogP contribution in [0.15, 0.2) is 77.2 Å². The van der Waals surface area contributed by atoms with Gasteiger partial charge in [-0.3, -0.25) is 14.9 Å². The molecule has 1 saturated heterocycles. The van der Waals surface area contributed by atoms with Crippen molar-refractivity contribution in [2.24, 2.45) is 0 Å². The normalized spacial score (nSPS) is 13.3. The van der Waals surface area contributed by atoms with Crippen LogP contribution < -0.4 is 20.3 Å². The number of benzene rings is 3. The number of piperazine rings is 1. The van der Waals surface area contributed by atoms with Crippen LogP contribution in [0.25, 0.3) is 11.0 Å². The monoisotopic (exact) mass is 548 g/mol. The van der Waals surface area contributed by atoms with E-state index in [0.29, 0.717) is 48.1 Å². The molecule has 2 N–H and O–H groups in total. The summed E-state index contributed by atoms with van der Waals surface area (Å²) in [5, 5.41) is 7.19. The molecule has 0 atom stereocenters. The van der Waals surface area contributed by atoms with Crippen molar-refractivity contribution in [2.75, 3.05) is 43.5 Å². The average molecular weight is 549 g/mol. The van der Waals surface area contributed by atoms with Crippen LogP contribution in [0.1, 0.15) is 20.9 Å². The van der Waals surface area contributed by atoms with Crippen LogP contribution in [0.3, 0.4) is 0 Å². The van der Waals surface area contributed by atoms with Gasteiger partial charge >= 0.3 is 0 Å². The summed E-state index contributed by atoms with van der Waals surface area (Å²) in [6.07, 6.45) is 0. The van der Waals surface area contributed by atoms with E-state index in [9.17, 15) is 9.59 Å². The highest BCUT2D eigenvalue weighted by molar-refractivity contribution is 7.80. The molecule has 10 heteroatoms. The van der Waals surface area contributed by atoms with Gasteiger partial charge in [0, 0.05) is 48.0 Å². The van der Waals surface area contributed by atoms with Gasteiger partial charge in [-0.25, -0.2) is 0 Å². The van der Waals surface area contributed by atoms with Gasteiger partial charge in [0.1, 0.15) is 11.3 Å². The first kappa shape index (κ1) is 25.6. The zero-order valence-corrected chi connectivity index (χ0v) is 22.1. The number of thiocarbonyl (C=S) groups is 1. The summed E-state index contributed by atoms with van der Waals surface area (Å²) in [5.41, 5.74) is 2.87. The molecule has 4 aromatic rings. The van der Waals surface area contributed by atoms with Crippen LogP contribution in [0.5, 0.6) is 5.75 Å². The third-order valence-electron chi connectivity index (χ3n) is 6.33. The van der Waals surface area contributed by atoms with Crippen LogP contribution in [-0.4, -0.2) is 55.1 Å². The summed E-state index contributed by atoms with van der Waals surface area (Å²) in [7, 11) is 1.54. The summed E-state index contributed by atoms with van der Waals surface area (Å²) < 4.78 is 10.9. The van der Waals surface area contributed by atoms with E-state index < -0.39 is 5.91 Å². The Morgan fingerprint density at radius 2 is 1.71 bits per heavy atom. The van der Waals surface area contributed by atoms with E-state index in [1.54, 1.807) is 30.3 Å². The van der Waals surface area contributed by atoms with Gasteiger partial charge in [0.2, 0.25) is 0 Å². The molecule has 0 radical (unpaired) electrons. The molecule has 1 aliphatic heterocycles. The molecule has 2 amide bonds. The zero-order chi connectivity index (χ0) is 26.6. The summed E-state index contributed by atoms with van der Waals surface area (Å²) >= 11 is 11.4. The van der Waals surface area contributed by atoms with E-state index in [2.05, 4.69) is 15.5 Å². The Labute approximate surface area is 230 Å². The quantitative estimate of drug-likeness (QED) is 0.332. The first-order valence-electron chi connectivity index (χ1n) is 12.0. The summed E-state index contributed by atoms with van der Waals surface area (Å²) in [5.74, 6) is 0.189. The molecular formula is C28H25ClN4O4S. The lowest BCUT2D eigenvalue weighted by Crippen LogP contribution is -2.48. The molecule has 5 rings (SSSR count). The molecule has 1 aliphatic rings. The zero-order valence-electron chi connectivity index (χ0n) is 20.6. The minimum atomic E-state index is -0.418. The largest absolute Gasteiger partial charge is 0.496 e. The number of amides is 2. The number of anilines is 2. The number of rotatable bonds is 5. The Bertz CT molecular complexity index is 1460. The van der Waals surface area contributed by atoms with E-state index in [4.69, 9.17) is 33.0 Å². The van der Waals surface area contributed by atoms with Gasteiger partial charge in [0.25, 0.3) is 11.8 Å². The summed E-state index contributed by atoms with van der Waals surface area (Å²) in [6.45, 7) is 2.53. The molecule has 0 unspecified atom stereocenters. The fourth-order valence-electron chi connectivity index (χ4n) is 4.36. The Morgan fingerprint density at radius 3 is 2.42 bits per heavy atom. The van der Waals surface area contributed by atoms with E-state index in [-0.39, 0.29) is 16.8 Å². The molecule has 0 bridgehead atoms. The third kappa shape index (κ3) is 5.58. The second-order valence-electron chi connectivity index (χ2n) is 8.73. The minimum Gasteiger partial charge on any atom is -0.496 e. The number of nitrogens with zero attached hydrogens (tertiary/aromatic N) is 2. The first-order chi connectivity index (χ1) is 18.4. The molecule has 194 valence electrons. The SMILES string of the molecule is COc1ccc(Cl)cc1C(=O)N1CCN(c2ccc(NC(=S)NC(=O)c3cc4ccccc4o3)cc2)CC1. The van der Waals surface area contributed by atoms with Crippen LogP contribution in [0.4, 0.5) is 11.4 Å². The maximum absolute atomic E-state index is 13.0. The molecule has 0 aliphatic carbocycles. The van der Waals surface area contributed by atoms with Crippen molar-refractivity contribution in [3.8, 4) is 5.75 Å². The first-order valence-corrected chi connectivity index (χ1v) is 12.8. The van der Waals surface area contributed by atoms with Gasteiger partial charge in [-0.05, 0) is 66.8 Å². The lowest BCUT2D eigenvalue weighted by Gasteiger charge is -2.36. The highest BCUT2D eigenvalue weighted by Crippen LogP contribution is 2.26. The molecule has 8 nitrogen and oxygen atoms in total. The van der Waals surface area contributed by atoms with Crippen LogP contribution in [0, 0.1) is 0 Å². The number of nitrogens with one attached hydrogen (secondary N) is 2. The predicted octanol–water partition coefficient (Wildman–Crippen LogP) is 5.18. The molecule has 0 spiro atoms. The third-order valence-corrected chi connectivity index (χ3v) is 6.76. The number of methoxy groups -OCH3 is 1. The summed E-state index contributed by atoms with van der Waals surface area (Å²) in [6, 6.07) is 21.9. The molecule has 1 fully saturated rings. The Balaban J connectivity index is 1.14. The predicted molar refractivity (Wildman–Crippen MR) is 152 cm³/mol. The van der Waals surface area contributed by atoms with Crippen molar-refractivity contribution in [1.29, 1.82) is 0 Å². The molecular weight excluding hydrogens is 524 g/mol. The molecule has 1 aromatic heterocycles. The van der Waals surface area contributed by atoms with Crippen molar-refractivity contribution in [3.05, 3.63) is 89.1 Å². The van der Waals surface area contributed by atoms with E-state index in [1.807, 2.05) is 47.4 Å². The van der Waals surface area contributed by atoms with Gasteiger partial charge < -0.3 is 24.3 Å². The fourth-order valence-corrected chi connectivity index (χ4v) is 4.74. The molecule has 38 heavy (non-hydrogen) atoms. The summed E-state index contributed by atoms with van der Waals surface area (Å²) in [4.78, 5) is 29.6. The highest BCUT2D eigenvalue weighted by Gasteiger charge is 2.25. The lowest BCUT2D eigenvalue weighted by atomic mass is 10.1. The Hall–Kier alpha value is -4.08. The number of para-hydroxylation sites is 1. The minimum absolute atomic E-state index is 0.0956. The van der Waals surface area contributed by atoms with Crippen molar-refractivity contribution in [3.63, 3.8) is 0 Å². The number of furan rings is 1. The van der Waals surface area contributed by atoms with E-state index in [0.717, 1.165) is 16.8 Å². The Kier molecular flexibility index (Phi) is 7.48. The number of hydrogen-bond acceptors (Lipinski definition) is 6. The van der Waals surface area contributed by atoms with Crippen LogP contribution in [-0.2, 0) is 0 Å². The molecule has 3 aromatic carbocycles. The highest BCUT2D eigenvalue weighted by atomic mass is 35.5. The van der Waals surface area contributed by atoms with Crippen molar-refractivity contribution < 1.29 is 18.7 Å². The standard InChI is InChI=1S/C28H25ClN4O4S/c1-36-24-11-6-19(29)17-22(24)27(35)33-14-12-32(13-15-33)21-9-7-20(8-10-21)30-28(38)31-26(34)25-16-18-4-2-3-5-23(18)37-25/h2-11,16-17H,12-15H2,1H3,(H2,30,31,34,38). The number of hydrogen-bond donors (Lipinski definition) is 2. The van der Waals surface area contributed by atoms with Crippen molar-refractivity contribution in [2.45, 2.75) is 0 Å². The topological polar surface area (TPSA) is 87.0 Å². The fraction of sp³-hybridized carbons (Fsp3) is 0.179. The smallest absolute Gasteiger partial charge is 0.293 e. The maximum atomic E-state index is 13.0. The van der Waals surface area contributed by atoms with Crippen LogP contribution in [0.2, 0.25) is 5.02 Å². The van der Waals surface area contributed by atoms with Crippen LogP contribution >= 0.6 is 23.8 Å². The number of halogens is 1. The number of carbonyl (C=O) groups excluding carboxylic acids is 2. The van der Waals surface area contributed by atoms with E-state index >= 15 is 0 Å². The van der Waals surface area contributed by atoms with E-state index in [1.165, 1.54) is 7.11 Å². The number of carbonyl (C=O) groups is 2. The maximum Gasteiger partial charge on any atom is 0.293 e. The molecule has 0 saturated carbocycles. The number of fused-ring (bicyclic) bond motifs is 1. The second kappa shape index (κ2) is 11.1. The van der Waals surface area contributed by atoms with Crippen molar-refractivity contribution >= 4 is 63.1 Å². The van der Waals surface area contributed by atoms with Gasteiger partial charge in [-0.1, -0.05) is 29.8 Å². The van der Waals surface area contributed by atoms with Gasteiger partial charge in [-0.15, -0.1) is 0 Å². The van der Waals surface area contributed by atoms with Crippen molar-refractivity contribution in [1.82, 2.24) is 10.2 Å². The van der Waals surface area contributed by atoms with Gasteiger partial charge in [-0.2, -0.15) is 0 Å². The Morgan fingerprint density at radius 1 is 0.974 bits per heavy atom. The average Bonchev–Trinajstić information content (AvgIpc) is 3.38.